The van der Waals surface area contributed by atoms with Gasteiger partial charge in [0.1, 0.15) is 0 Å². The van der Waals surface area contributed by atoms with Crippen LogP contribution in [0, 0.1) is 0 Å². The number of para-hydroxylation sites is 1. The summed E-state index contributed by atoms with van der Waals surface area (Å²) in [4.78, 5) is 4.84. The molecule has 0 aliphatic carbocycles. The number of nitrogens with zero attached hydrogens (tertiary/aromatic N) is 1. The number of hydrogen-bond acceptors (Lipinski definition) is 2. The SMILES string of the molecule is c1ccc(N=c2oc(-c3ccccc3)c([Se]c3ccccc3)c3ccccc23)cc1. The Morgan fingerprint density at radius 1 is 0.567 bits per heavy atom. The molecule has 5 aromatic rings. The van der Waals surface area contributed by atoms with E-state index < -0.39 is 0 Å². The van der Waals surface area contributed by atoms with Crippen molar-refractivity contribution in [2.24, 2.45) is 4.99 Å². The molecule has 1 heterocycles. The second kappa shape index (κ2) is 8.54. The van der Waals surface area contributed by atoms with E-state index in [1.165, 1.54) is 14.3 Å². The maximum atomic E-state index is 6.53. The molecular formula is C27H19NOSe. The zero-order valence-electron chi connectivity index (χ0n) is 16.2. The average Bonchev–Trinajstić information content (AvgIpc) is 2.82. The Morgan fingerprint density at radius 3 is 1.83 bits per heavy atom. The molecule has 3 heteroatoms. The Hall–Kier alpha value is -3.39. The van der Waals surface area contributed by atoms with Crippen LogP contribution >= 0.6 is 0 Å². The molecular weight excluding hydrogens is 433 g/mol. The summed E-state index contributed by atoms with van der Waals surface area (Å²) >= 11 is 0.0980. The van der Waals surface area contributed by atoms with E-state index in [0.29, 0.717) is 5.55 Å². The van der Waals surface area contributed by atoms with Crippen molar-refractivity contribution in [3.63, 3.8) is 0 Å². The van der Waals surface area contributed by atoms with Gasteiger partial charge in [-0.15, -0.1) is 0 Å². The minimum absolute atomic E-state index is 0.0980. The van der Waals surface area contributed by atoms with Crippen LogP contribution in [0.1, 0.15) is 0 Å². The van der Waals surface area contributed by atoms with Gasteiger partial charge in [-0.3, -0.25) is 0 Å². The van der Waals surface area contributed by atoms with E-state index in [2.05, 4.69) is 60.7 Å². The fourth-order valence-electron chi connectivity index (χ4n) is 3.38. The van der Waals surface area contributed by atoms with Crippen LogP contribution in [-0.4, -0.2) is 15.0 Å². The molecule has 0 radical (unpaired) electrons. The summed E-state index contributed by atoms with van der Waals surface area (Å²) in [6.07, 6.45) is 0. The molecule has 0 fully saturated rings. The molecule has 0 atom stereocenters. The van der Waals surface area contributed by atoms with E-state index in [9.17, 15) is 0 Å². The normalized spacial score (nSPS) is 11.7. The van der Waals surface area contributed by atoms with E-state index in [0.717, 1.165) is 22.4 Å². The van der Waals surface area contributed by atoms with Gasteiger partial charge in [0.15, 0.2) is 0 Å². The van der Waals surface area contributed by atoms with Gasteiger partial charge in [0.05, 0.1) is 0 Å². The first-order valence-electron chi connectivity index (χ1n) is 9.82. The van der Waals surface area contributed by atoms with Gasteiger partial charge in [-0.2, -0.15) is 0 Å². The van der Waals surface area contributed by atoms with Gasteiger partial charge in [0.25, 0.3) is 0 Å². The summed E-state index contributed by atoms with van der Waals surface area (Å²) in [5.74, 6) is 0.896. The second-order valence-corrected chi connectivity index (χ2v) is 9.11. The molecule has 0 saturated heterocycles. The van der Waals surface area contributed by atoms with Crippen molar-refractivity contribution in [1.29, 1.82) is 0 Å². The Balaban J connectivity index is 1.82. The number of benzene rings is 4. The zero-order valence-corrected chi connectivity index (χ0v) is 17.9. The maximum absolute atomic E-state index is 6.53. The molecule has 0 bridgehead atoms. The van der Waals surface area contributed by atoms with Crippen molar-refractivity contribution in [2.75, 3.05) is 0 Å². The van der Waals surface area contributed by atoms with Crippen LogP contribution in [0.15, 0.2) is 125 Å². The fraction of sp³-hybridized carbons (Fsp3) is 0. The standard InChI is InChI=1S/C27H19NOSe/c1-4-12-20(13-5-1)25-26(30-22-16-8-3-9-17-22)23-18-10-11-19-24(23)27(29-25)28-21-14-6-2-7-15-21/h1-19H. The van der Waals surface area contributed by atoms with Gasteiger partial charge in [-0.1, -0.05) is 0 Å². The second-order valence-electron chi connectivity index (χ2n) is 6.84. The van der Waals surface area contributed by atoms with Crippen molar-refractivity contribution < 1.29 is 4.42 Å². The molecule has 0 aliphatic rings. The summed E-state index contributed by atoms with van der Waals surface area (Å²) in [5.41, 5.74) is 2.59. The summed E-state index contributed by atoms with van der Waals surface area (Å²) in [5, 5.41) is 2.23. The zero-order chi connectivity index (χ0) is 20.2. The molecule has 2 nitrogen and oxygen atoms in total. The van der Waals surface area contributed by atoms with E-state index in [-0.39, 0.29) is 15.0 Å². The molecule has 1 aromatic heterocycles. The summed E-state index contributed by atoms with van der Waals surface area (Å²) in [6.45, 7) is 0. The number of hydrogen-bond donors (Lipinski definition) is 0. The van der Waals surface area contributed by atoms with Gasteiger partial charge in [-0.05, 0) is 0 Å². The van der Waals surface area contributed by atoms with Crippen LogP contribution in [-0.2, 0) is 0 Å². The van der Waals surface area contributed by atoms with Crippen molar-refractivity contribution >= 4 is 40.3 Å². The third-order valence-corrected chi connectivity index (χ3v) is 7.14. The van der Waals surface area contributed by atoms with Crippen molar-refractivity contribution in [3.05, 3.63) is 121 Å². The molecule has 0 spiro atoms. The van der Waals surface area contributed by atoms with Gasteiger partial charge in [0.2, 0.25) is 0 Å². The number of rotatable bonds is 4. The average molecular weight is 452 g/mol. The van der Waals surface area contributed by atoms with Crippen LogP contribution in [0.5, 0.6) is 0 Å². The molecule has 0 saturated carbocycles. The van der Waals surface area contributed by atoms with Crippen molar-refractivity contribution in [1.82, 2.24) is 0 Å². The molecule has 4 aromatic carbocycles. The van der Waals surface area contributed by atoms with Gasteiger partial charge < -0.3 is 0 Å². The quantitative estimate of drug-likeness (QED) is 0.353. The molecule has 0 N–H and O–H groups in total. The first kappa shape index (κ1) is 18.6. The van der Waals surface area contributed by atoms with Crippen LogP contribution < -0.4 is 14.5 Å². The van der Waals surface area contributed by atoms with Crippen LogP contribution in [0.25, 0.3) is 22.1 Å². The molecule has 30 heavy (non-hydrogen) atoms. The monoisotopic (exact) mass is 453 g/mol. The van der Waals surface area contributed by atoms with Crippen molar-refractivity contribution in [2.45, 2.75) is 0 Å². The molecule has 0 amide bonds. The van der Waals surface area contributed by atoms with E-state index in [1.807, 2.05) is 54.6 Å². The third kappa shape index (κ3) is 3.86. The minimum atomic E-state index is 0.0980. The van der Waals surface area contributed by atoms with Crippen LogP contribution in [0.3, 0.4) is 0 Å². The summed E-state index contributed by atoms with van der Waals surface area (Å²) in [7, 11) is 0. The van der Waals surface area contributed by atoms with Gasteiger partial charge in [0, 0.05) is 0 Å². The summed E-state index contributed by atoms with van der Waals surface area (Å²) < 4.78 is 9.09. The molecule has 144 valence electrons. The van der Waals surface area contributed by atoms with E-state index >= 15 is 0 Å². The fourth-order valence-corrected chi connectivity index (χ4v) is 5.62. The molecule has 5 rings (SSSR count). The molecule has 0 unspecified atom stereocenters. The van der Waals surface area contributed by atoms with Crippen LogP contribution in [0.4, 0.5) is 5.69 Å². The van der Waals surface area contributed by atoms with E-state index in [1.54, 1.807) is 0 Å². The van der Waals surface area contributed by atoms with Crippen LogP contribution in [0.2, 0.25) is 0 Å². The first-order chi connectivity index (χ1) is 14.9. The predicted octanol–water partition coefficient (Wildman–Crippen LogP) is 4.99. The molecule has 0 aliphatic heterocycles. The van der Waals surface area contributed by atoms with Gasteiger partial charge in [-0.25, -0.2) is 0 Å². The summed E-state index contributed by atoms with van der Waals surface area (Å²) in [6, 6.07) is 39.3. The Morgan fingerprint density at radius 2 is 1.13 bits per heavy atom. The van der Waals surface area contributed by atoms with Gasteiger partial charge >= 0.3 is 182 Å². The first-order valence-corrected chi connectivity index (χ1v) is 11.5. The Bertz CT molecular complexity index is 1340. The third-order valence-electron chi connectivity index (χ3n) is 4.79. The Kier molecular flexibility index (Phi) is 5.30. The Labute approximate surface area is 181 Å². The topological polar surface area (TPSA) is 25.5 Å². The van der Waals surface area contributed by atoms with E-state index in [4.69, 9.17) is 9.41 Å². The number of fused-ring (bicyclic) bond motifs is 1. The predicted molar refractivity (Wildman–Crippen MR) is 125 cm³/mol. The van der Waals surface area contributed by atoms with Crippen molar-refractivity contribution in [3.8, 4) is 11.3 Å².